The minimum atomic E-state index is -1.93. The number of carbonyl (C=O) groups excluding carboxylic acids is 1. The molecule has 2 N–H and O–H groups in total. The molecule has 0 aliphatic heterocycles. The summed E-state index contributed by atoms with van der Waals surface area (Å²) in [5.41, 5.74) is 0.433. The van der Waals surface area contributed by atoms with Crippen molar-refractivity contribution in [3.63, 3.8) is 0 Å². The van der Waals surface area contributed by atoms with Gasteiger partial charge in [-0.25, -0.2) is 0 Å². The maximum atomic E-state index is 11.7. The molecule has 0 heterocycles. The zero-order chi connectivity index (χ0) is 18.1. The van der Waals surface area contributed by atoms with E-state index in [1.54, 1.807) is 6.07 Å². The van der Waals surface area contributed by atoms with E-state index in [1.165, 1.54) is 7.11 Å². The summed E-state index contributed by atoms with van der Waals surface area (Å²) >= 11 is 0. The number of hydrogen-bond donors (Lipinski definition) is 2. The maximum absolute atomic E-state index is 11.7. The van der Waals surface area contributed by atoms with Crippen LogP contribution in [0.4, 0.5) is 5.69 Å². The maximum Gasteiger partial charge on any atom is 0.321 e. The van der Waals surface area contributed by atoms with Crippen LogP contribution in [-0.2, 0) is 25.5 Å². The summed E-state index contributed by atoms with van der Waals surface area (Å²) in [6.45, 7) is 0. The van der Waals surface area contributed by atoms with Crippen molar-refractivity contribution in [3.05, 3.63) is 29.3 Å². The van der Waals surface area contributed by atoms with Gasteiger partial charge in [0, 0.05) is 19.8 Å². The molecule has 1 aromatic carbocycles. The van der Waals surface area contributed by atoms with E-state index in [1.807, 2.05) is 31.1 Å². The molecule has 1 unspecified atom stereocenters. The van der Waals surface area contributed by atoms with Crippen molar-refractivity contribution in [3.8, 4) is 0 Å². The molecule has 0 saturated heterocycles. The molecule has 0 amide bonds. The van der Waals surface area contributed by atoms with E-state index in [9.17, 15) is 24.6 Å². The Labute approximate surface area is 139 Å². The Morgan fingerprint density at radius 3 is 2.38 bits per heavy atom. The fraction of sp³-hybridized carbons (Fsp3) is 0.471. The number of esters is 1. The topological polar surface area (TPSA) is 104 Å². The monoisotopic (exact) mass is 335 g/mol. The van der Waals surface area contributed by atoms with E-state index in [-0.39, 0.29) is 19.3 Å². The van der Waals surface area contributed by atoms with E-state index in [4.69, 9.17) is 4.74 Å². The number of ether oxygens (including phenoxy) is 1. The van der Waals surface area contributed by atoms with Crippen LogP contribution in [0.3, 0.4) is 0 Å². The van der Waals surface area contributed by atoms with Crippen LogP contribution in [0, 0.1) is 5.41 Å². The number of hydrogen-bond acceptors (Lipinski definition) is 5. The van der Waals surface area contributed by atoms with Crippen molar-refractivity contribution in [2.75, 3.05) is 26.1 Å². The van der Waals surface area contributed by atoms with E-state index in [0.717, 1.165) is 11.3 Å². The Hall–Kier alpha value is -2.57. The highest BCUT2D eigenvalue weighted by molar-refractivity contribution is 5.99. The average molecular weight is 335 g/mol. The summed E-state index contributed by atoms with van der Waals surface area (Å²) in [6.07, 6.45) is -0.294. The van der Waals surface area contributed by atoms with Gasteiger partial charge in [0.1, 0.15) is 0 Å². The summed E-state index contributed by atoms with van der Waals surface area (Å²) in [4.78, 5) is 37.0. The number of methoxy groups -OCH3 is 1. The van der Waals surface area contributed by atoms with Crippen LogP contribution in [0.2, 0.25) is 0 Å². The SMILES string of the molecule is COC(=O)CC1CC(C(=O)O)(C(=O)O)Cc2ccc(N(C)C)cc21. The van der Waals surface area contributed by atoms with E-state index < -0.39 is 29.2 Å². The summed E-state index contributed by atoms with van der Waals surface area (Å²) in [5, 5.41) is 19.1. The molecule has 0 bridgehead atoms. The normalized spacial score (nSPS) is 18.4. The van der Waals surface area contributed by atoms with Crippen LogP contribution < -0.4 is 4.90 Å². The molecule has 0 fully saturated rings. The lowest BCUT2D eigenvalue weighted by Gasteiger charge is -2.36. The van der Waals surface area contributed by atoms with Gasteiger partial charge < -0.3 is 19.8 Å². The molecule has 2 rings (SSSR count). The number of benzene rings is 1. The van der Waals surface area contributed by atoms with E-state index in [0.29, 0.717) is 5.56 Å². The Morgan fingerprint density at radius 1 is 1.25 bits per heavy atom. The molecule has 1 aliphatic rings. The number of aliphatic carboxylic acids is 2. The number of carbonyl (C=O) groups is 3. The molecule has 0 radical (unpaired) electrons. The van der Waals surface area contributed by atoms with Crippen LogP contribution in [0.15, 0.2) is 18.2 Å². The van der Waals surface area contributed by atoms with Gasteiger partial charge in [0.25, 0.3) is 0 Å². The predicted molar refractivity (Wildman–Crippen MR) is 86.2 cm³/mol. The second-order valence-electron chi connectivity index (χ2n) is 6.33. The molecule has 7 heteroatoms. The van der Waals surface area contributed by atoms with Crippen molar-refractivity contribution in [2.45, 2.75) is 25.2 Å². The minimum Gasteiger partial charge on any atom is -0.480 e. The van der Waals surface area contributed by atoms with Gasteiger partial charge >= 0.3 is 17.9 Å². The van der Waals surface area contributed by atoms with Crippen molar-refractivity contribution < 1.29 is 29.3 Å². The lowest BCUT2D eigenvalue weighted by Crippen LogP contribution is -2.45. The third-order valence-corrected chi connectivity index (χ3v) is 4.63. The van der Waals surface area contributed by atoms with Crippen molar-refractivity contribution in [1.29, 1.82) is 0 Å². The highest BCUT2D eigenvalue weighted by Crippen LogP contribution is 2.45. The quantitative estimate of drug-likeness (QED) is 0.620. The summed E-state index contributed by atoms with van der Waals surface area (Å²) in [7, 11) is 5.00. The summed E-state index contributed by atoms with van der Waals surface area (Å²) in [5.74, 6) is -3.78. The molecule has 1 aromatic rings. The number of nitrogens with zero attached hydrogens (tertiary/aromatic N) is 1. The molecule has 0 spiro atoms. The summed E-state index contributed by atoms with van der Waals surface area (Å²) < 4.78 is 4.69. The highest BCUT2D eigenvalue weighted by atomic mass is 16.5. The highest BCUT2D eigenvalue weighted by Gasteiger charge is 2.51. The zero-order valence-corrected chi connectivity index (χ0v) is 13.9. The molecule has 7 nitrogen and oxygen atoms in total. The molecular formula is C17H21NO6. The standard InChI is InChI=1S/C17H21NO6/c1-18(2)12-5-4-10-8-17(15(20)21,16(22)23)9-11(13(10)7-12)6-14(19)24-3/h4-5,7,11H,6,8-9H2,1-3H3,(H,20,21)(H,22,23). The van der Waals surface area contributed by atoms with Crippen LogP contribution in [0.5, 0.6) is 0 Å². The summed E-state index contributed by atoms with van der Waals surface area (Å²) in [6, 6.07) is 5.44. The number of carboxylic acid groups (broad SMARTS) is 2. The third kappa shape index (κ3) is 3.06. The largest absolute Gasteiger partial charge is 0.480 e. The second kappa shape index (κ2) is 6.51. The molecule has 24 heavy (non-hydrogen) atoms. The van der Waals surface area contributed by atoms with Crippen LogP contribution in [-0.4, -0.2) is 49.3 Å². The zero-order valence-electron chi connectivity index (χ0n) is 13.9. The molecule has 130 valence electrons. The molecule has 0 saturated carbocycles. The smallest absolute Gasteiger partial charge is 0.321 e. The first-order valence-corrected chi connectivity index (χ1v) is 7.55. The van der Waals surface area contributed by atoms with Gasteiger partial charge in [-0.3, -0.25) is 14.4 Å². The number of anilines is 1. The second-order valence-corrected chi connectivity index (χ2v) is 6.33. The Kier molecular flexibility index (Phi) is 4.82. The van der Waals surface area contributed by atoms with Gasteiger partial charge in [-0.05, 0) is 42.0 Å². The lowest BCUT2D eigenvalue weighted by molar-refractivity contribution is -0.166. The van der Waals surface area contributed by atoms with Crippen LogP contribution in [0.25, 0.3) is 0 Å². The molecule has 0 aromatic heterocycles. The van der Waals surface area contributed by atoms with Gasteiger partial charge in [-0.15, -0.1) is 0 Å². The Balaban J connectivity index is 2.55. The van der Waals surface area contributed by atoms with Gasteiger partial charge in [0.2, 0.25) is 0 Å². The van der Waals surface area contributed by atoms with Crippen molar-refractivity contribution >= 4 is 23.6 Å². The van der Waals surface area contributed by atoms with Crippen LogP contribution >= 0.6 is 0 Å². The van der Waals surface area contributed by atoms with Crippen LogP contribution in [0.1, 0.15) is 29.9 Å². The first-order valence-electron chi connectivity index (χ1n) is 7.55. The van der Waals surface area contributed by atoms with Gasteiger partial charge in [0.05, 0.1) is 13.5 Å². The molecule has 1 aliphatic carbocycles. The molecule has 1 atom stereocenters. The number of carboxylic acids is 2. The van der Waals surface area contributed by atoms with Crippen molar-refractivity contribution in [2.24, 2.45) is 5.41 Å². The molecular weight excluding hydrogens is 314 g/mol. The fourth-order valence-electron chi connectivity index (χ4n) is 3.21. The average Bonchev–Trinajstić information content (AvgIpc) is 2.53. The number of fused-ring (bicyclic) bond motifs is 1. The van der Waals surface area contributed by atoms with E-state index in [2.05, 4.69) is 0 Å². The predicted octanol–water partition coefficient (Wildman–Crippen LogP) is 1.50. The van der Waals surface area contributed by atoms with Gasteiger partial charge in [0.15, 0.2) is 5.41 Å². The number of rotatable bonds is 5. The van der Waals surface area contributed by atoms with Gasteiger partial charge in [-0.1, -0.05) is 6.07 Å². The Bertz CT molecular complexity index is 668. The first-order chi connectivity index (χ1) is 11.2. The third-order valence-electron chi connectivity index (χ3n) is 4.63. The van der Waals surface area contributed by atoms with E-state index >= 15 is 0 Å². The first kappa shape index (κ1) is 17.8. The van der Waals surface area contributed by atoms with Gasteiger partial charge in [-0.2, -0.15) is 0 Å². The van der Waals surface area contributed by atoms with Crippen molar-refractivity contribution in [1.82, 2.24) is 0 Å². The minimum absolute atomic E-state index is 0.0529. The lowest BCUT2D eigenvalue weighted by atomic mass is 9.66. The fourth-order valence-corrected chi connectivity index (χ4v) is 3.21. The Morgan fingerprint density at radius 2 is 1.88 bits per heavy atom.